The van der Waals surface area contributed by atoms with E-state index < -0.39 is 23.8 Å². The zero-order chi connectivity index (χ0) is 23.5. The van der Waals surface area contributed by atoms with Gasteiger partial charge in [-0.3, -0.25) is 14.4 Å². The molecular formula is C24H26ClFN4O3. The Morgan fingerprint density at radius 2 is 1.52 bits per heavy atom. The minimum Gasteiger partial charge on any atom is -0.350 e. The lowest BCUT2D eigenvalue weighted by Gasteiger charge is -2.32. The smallest absolute Gasteiger partial charge is 0.264 e. The van der Waals surface area contributed by atoms with Crippen LogP contribution in [0.15, 0.2) is 48.5 Å². The molecule has 2 aliphatic rings. The van der Waals surface area contributed by atoms with Crippen molar-refractivity contribution >= 4 is 29.3 Å². The fourth-order valence-corrected chi connectivity index (χ4v) is 4.55. The summed E-state index contributed by atoms with van der Waals surface area (Å²) in [5.41, 5.74) is 6.45. The molecule has 3 N–H and O–H groups in total. The highest BCUT2D eigenvalue weighted by Crippen LogP contribution is 2.24. The first-order valence-electron chi connectivity index (χ1n) is 11.0. The van der Waals surface area contributed by atoms with Crippen molar-refractivity contribution in [2.75, 3.05) is 13.1 Å². The van der Waals surface area contributed by atoms with Gasteiger partial charge in [-0.1, -0.05) is 17.7 Å². The quantitative estimate of drug-likeness (QED) is 0.715. The largest absolute Gasteiger partial charge is 0.350 e. The number of nitrogens with two attached hydrogens (primary N) is 1. The number of amides is 3. The minimum absolute atomic E-state index is 0.0727. The van der Waals surface area contributed by atoms with E-state index in [1.807, 2.05) is 0 Å². The number of hydrogen-bond acceptors (Lipinski definition) is 4. The van der Waals surface area contributed by atoms with Crippen LogP contribution in [-0.2, 0) is 4.79 Å². The van der Waals surface area contributed by atoms with Crippen molar-refractivity contribution in [2.45, 2.75) is 43.9 Å². The zero-order valence-corrected chi connectivity index (χ0v) is 18.8. The van der Waals surface area contributed by atoms with E-state index in [4.69, 9.17) is 17.3 Å². The Morgan fingerprint density at radius 3 is 2.12 bits per heavy atom. The molecule has 1 unspecified atom stereocenters. The predicted molar refractivity (Wildman–Crippen MR) is 122 cm³/mol. The molecule has 1 saturated carbocycles. The second-order valence-corrected chi connectivity index (χ2v) is 8.94. The molecule has 7 nitrogen and oxygen atoms in total. The average molecular weight is 473 g/mol. The van der Waals surface area contributed by atoms with Crippen LogP contribution >= 0.6 is 11.6 Å². The van der Waals surface area contributed by atoms with Gasteiger partial charge in [0.1, 0.15) is 5.82 Å². The van der Waals surface area contributed by atoms with Gasteiger partial charge in [-0.15, -0.1) is 0 Å². The number of nitrogens with one attached hydrogen (secondary N) is 1. The topological polar surface area (TPSA) is 95.7 Å². The van der Waals surface area contributed by atoms with Crippen LogP contribution in [0.3, 0.4) is 0 Å². The lowest BCUT2D eigenvalue weighted by Crippen LogP contribution is -2.56. The molecule has 2 aromatic carbocycles. The molecule has 0 aromatic heterocycles. The predicted octanol–water partition coefficient (Wildman–Crippen LogP) is 2.79. The van der Waals surface area contributed by atoms with Gasteiger partial charge < -0.3 is 20.9 Å². The fraction of sp³-hybridized carbons (Fsp3) is 0.375. The number of halogens is 2. The molecule has 0 spiro atoms. The van der Waals surface area contributed by atoms with Gasteiger partial charge >= 0.3 is 0 Å². The van der Waals surface area contributed by atoms with Crippen LogP contribution in [0.4, 0.5) is 4.39 Å². The highest BCUT2D eigenvalue weighted by Gasteiger charge is 2.43. The lowest BCUT2D eigenvalue weighted by atomic mass is 9.92. The second-order valence-electron chi connectivity index (χ2n) is 8.51. The Balaban J connectivity index is 1.60. The summed E-state index contributed by atoms with van der Waals surface area (Å²) in [5, 5.41) is 3.48. The van der Waals surface area contributed by atoms with Crippen molar-refractivity contribution in [1.82, 2.24) is 15.1 Å². The summed E-state index contributed by atoms with van der Waals surface area (Å²) in [5.74, 6) is -1.87. The third-order valence-corrected chi connectivity index (χ3v) is 6.46. The number of carbonyl (C=O) groups is 3. The van der Waals surface area contributed by atoms with Crippen molar-refractivity contribution in [1.29, 1.82) is 0 Å². The maximum Gasteiger partial charge on any atom is 0.264 e. The van der Waals surface area contributed by atoms with Crippen LogP contribution in [0.5, 0.6) is 0 Å². The van der Waals surface area contributed by atoms with E-state index in [2.05, 4.69) is 5.32 Å². The van der Waals surface area contributed by atoms with E-state index in [1.165, 1.54) is 28.0 Å². The molecule has 1 atom stereocenters. The van der Waals surface area contributed by atoms with Crippen LogP contribution in [0, 0.1) is 5.82 Å². The summed E-state index contributed by atoms with van der Waals surface area (Å²) in [6.07, 6.45) is 1.94. The maximum absolute atomic E-state index is 13.7. The van der Waals surface area contributed by atoms with Crippen LogP contribution < -0.4 is 11.1 Å². The van der Waals surface area contributed by atoms with Gasteiger partial charge in [0, 0.05) is 41.3 Å². The Morgan fingerprint density at radius 1 is 0.909 bits per heavy atom. The second kappa shape index (κ2) is 9.89. The van der Waals surface area contributed by atoms with Crippen LogP contribution in [0.2, 0.25) is 5.02 Å². The van der Waals surface area contributed by atoms with Crippen molar-refractivity contribution in [3.05, 3.63) is 70.5 Å². The Kier molecular flexibility index (Phi) is 6.95. The summed E-state index contributed by atoms with van der Waals surface area (Å²) in [4.78, 5) is 42.5. The average Bonchev–Trinajstić information content (AvgIpc) is 3.25. The van der Waals surface area contributed by atoms with Crippen LogP contribution in [0.25, 0.3) is 0 Å². The first-order valence-corrected chi connectivity index (χ1v) is 11.4. The molecule has 2 fully saturated rings. The monoisotopic (exact) mass is 472 g/mol. The highest BCUT2D eigenvalue weighted by atomic mass is 35.5. The minimum atomic E-state index is -1.14. The number of hydrogen-bond donors (Lipinski definition) is 2. The Hall–Kier alpha value is -2.97. The Bertz CT molecular complexity index is 1040. The summed E-state index contributed by atoms with van der Waals surface area (Å²) in [6.45, 7) is 0.332. The van der Waals surface area contributed by atoms with Crippen molar-refractivity contribution in [2.24, 2.45) is 5.73 Å². The van der Waals surface area contributed by atoms with E-state index in [0.29, 0.717) is 10.6 Å². The molecule has 3 amide bonds. The number of benzene rings is 2. The summed E-state index contributed by atoms with van der Waals surface area (Å²) < 4.78 is 13.7. The third kappa shape index (κ3) is 5.17. The first kappa shape index (κ1) is 23.2. The normalized spacial score (nSPS) is 22.8. The first-order chi connectivity index (χ1) is 15.8. The molecule has 2 aromatic rings. The molecule has 1 heterocycles. The maximum atomic E-state index is 13.7. The van der Waals surface area contributed by atoms with Gasteiger partial charge in [-0.05, 0) is 68.1 Å². The van der Waals surface area contributed by atoms with E-state index >= 15 is 0 Å². The van der Waals surface area contributed by atoms with E-state index in [9.17, 15) is 18.8 Å². The molecule has 174 valence electrons. The van der Waals surface area contributed by atoms with Gasteiger partial charge in [0.05, 0.1) is 0 Å². The van der Waals surface area contributed by atoms with Crippen molar-refractivity contribution in [3.8, 4) is 0 Å². The molecule has 0 radical (unpaired) electrons. The summed E-state index contributed by atoms with van der Waals surface area (Å²) >= 11 is 5.94. The number of nitrogens with zero attached hydrogens (tertiary/aromatic N) is 2. The SMILES string of the molecule is NC1CCC(NC(=O)C2N(C(=O)c3ccc(Cl)cc3)CCN2C(=O)c2cccc(F)c2)CC1. The molecule has 1 aliphatic heterocycles. The zero-order valence-electron chi connectivity index (χ0n) is 18.0. The van der Waals surface area contributed by atoms with Crippen molar-refractivity contribution in [3.63, 3.8) is 0 Å². The van der Waals surface area contributed by atoms with E-state index in [1.54, 1.807) is 24.3 Å². The van der Waals surface area contributed by atoms with Crippen molar-refractivity contribution < 1.29 is 18.8 Å². The third-order valence-electron chi connectivity index (χ3n) is 6.21. The van der Waals surface area contributed by atoms with Crippen LogP contribution in [0.1, 0.15) is 46.4 Å². The fourth-order valence-electron chi connectivity index (χ4n) is 4.42. The summed E-state index contributed by atoms with van der Waals surface area (Å²) in [7, 11) is 0. The molecule has 1 saturated heterocycles. The number of carbonyl (C=O) groups excluding carboxylic acids is 3. The van der Waals surface area contributed by atoms with E-state index in [-0.39, 0.29) is 36.6 Å². The molecule has 0 bridgehead atoms. The molecular weight excluding hydrogens is 447 g/mol. The molecule has 1 aliphatic carbocycles. The number of rotatable bonds is 4. The molecule has 33 heavy (non-hydrogen) atoms. The highest BCUT2D eigenvalue weighted by molar-refractivity contribution is 6.30. The van der Waals surface area contributed by atoms with Gasteiger partial charge in [0.15, 0.2) is 6.17 Å². The lowest BCUT2D eigenvalue weighted by molar-refractivity contribution is -0.129. The van der Waals surface area contributed by atoms with Gasteiger partial charge in [-0.2, -0.15) is 0 Å². The van der Waals surface area contributed by atoms with Crippen LogP contribution in [-0.4, -0.2) is 58.9 Å². The Labute approximate surface area is 196 Å². The van der Waals surface area contributed by atoms with E-state index in [0.717, 1.165) is 31.7 Å². The molecule has 9 heteroatoms. The molecule has 4 rings (SSSR count). The van der Waals surface area contributed by atoms with Gasteiger partial charge in [-0.25, -0.2) is 4.39 Å². The van der Waals surface area contributed by atoms with Gasteiger partial charge in [0.25, 0.3) is 17.7 Å². The standard InChI is InChI=1S/C24H26ClFN4O3/c25-17-6-4-15(5-7-17)23(32)29-12-13-30(24(33)16-2-1-3-18(26)14-16)22(29)21(31)28-20-10-8-19(27)9-11-20/h1-7,14,19-20,22H,8-13,27H2,(H,28,31). The van der Waals surface area contributed by atoms with Gasteiger partial charge in [0.2, 0.25) is 0 Å². The summed E-state index contributed by atoms with van der Waals surface area (Å²) in [6, 6.07) is 11.7.